The third-order valence-corrected chi connectivity index (χ3v) is 3.71. The summed E-state index contributed by atoms with van der Waals surface area (Å²) in [5.41, 5.74) is 4.39. The number of H-pyrrole nitrogens is 1. The van der Waals surface area contributed by atoms with Crippen molar-refractivity contribution in [3.05, 3.63) is 54.2 Å². The van der Waals surface area contributed by atoms with Gasteiger partial charge in [-0.05, 0) is 42.8 Å². The lowest BCUT2D eigenvalue weighted by molar-refractivity contribution is 0.146. The Hall–Kier alpha value is -2.46. The molecule has 0 saturated carbocycles. The molecule has 0 spiro atoms. The second kappa shape index (κ2) is 6.54. The van der Waals surface area contributed by atoms with Gasteiger partial charge >= 0.3 is 0 Å². The molecule has 0 amide bonds. The fourth-order valence-corrected chi connectivity index (χ4v) is 2.50. The lowest BCUT2D eigenvalue weighted by atomic mass is 10.1. The first-order valence-corrected chi connectivity index (χ1v) is 7.34. The summed E-state index contributed by atoms with van der Waals surface area (Å²) in [6.07, 6.45) is 1.96. The summed E-state index contributed by atoms with van der Waals surface area (Å²) in [5, 5.41) is 4.69. The molecule has 4 heteroatoms. The Morgan fingerprint density at radius 2 is 1.86 bits per heavy atom. The van der Waals surface area contributed by atoms with E-state index in [4.69, 9.17) is 9.47 Å². The zero-order valence-electron chi connectivity index (χ0n) is 12.8. The van der Waals surface area contributed by atoms with E-state index in [9.17, 15) is 0 Å². The van der Waals surface area contributed by atoms with Crippen LogP contribution in [0, 0.1) is 6.92 Å². The number of aromatic amines is 1. The van der Waals surface area contributed by atoms with Crippen LogP contribution in [0.2, 0.25) is 0 Å². The van der Waals surface area contributed by atoms with Crippen LogP contribution in [0.25, 0.3) is 10.9 Å². The number of fused-ring (bicyclic) bond motifs is 1. The first-order valence-electron chi connectivity index (χ1n) is 7.34. The molecule has 0 unspecified atom stereocenters. The predicted molar refractivity (Wildman–Crippen MR) is 90.1 cm³/mol. The van der Waals surface area contributed by atoms with Crippen molar-refractivity contribution in [2.45, 2.75) is 6.92 Å². The largest absolute Gasteiger partial charge is 0.489 e. The van der Waals surface area contributed by atoms with Crippen LogP contribution >= 0.6 is 0 Å². The Morgan fingerprint density at radius 1 is 1.00 bits per heavy atom. The molecular weight excluding hydrogens is 276 g/mol. The Kier molecular flexibility index (Phi) is 4.30. The van der Waals surface area contributed by atoms with Crippen molar-refractivity contribution >= 4 is 22.3 Å². The monoisotopic (exact) mass is 296 g/mol. The Morgan fingerprint density at radius 3 is 2.73 bits per heavy atom. The molecule has 114 valence electrons. The van der Waals surface area contributed by atoms with Crippen molar-refractivity contribution in [1.29, 1.82) is 0 Å². The van der Waals surface area contributed by atoms with Crippen LogP contribution in [0.4, 0.5) is 11.4 Å². The minimum atomic E-state index is 0.533. The van der Waals surface area contributed by atoms with E-state index < -0.39 is 0 Å². The molecule has 1 aromatic heterocycles. The van der Waals surface area contributed by atoms with Crippen LogP contribution in [-0.2, 0) is 4.74 Å². The van der Waals surface area contributed by atoms with E-state index in [1.54, 1.807) is 7.11 Å². The van der Waals surface area contributed by atoms with E-state index >= 15 is 0 Å². The van der Waals surface area contributed by atoms with Gasteiger partial charge in [0.15, 0.2) is 0 Å². The molecule has 0 aliphatic heterocycles. The van der Waals surface area contributed by atoms with E-state index in [2.05, 4.69) is 35.4 Å². The molecule has 2 aromatic carbocycles. The minimum Gasteiger partial charge on any atom is -0.489 e. The standard InChI is InChI=1S/C18H20N2O2/c1-13-14-9-10-19-16(14)8-7-15(13)20-17-5-3-4-6-18(17)22-12-11-21-2/h3-10,19-20H,11-12H2,1-2H3. The average Bonchev–Trinajstić information content (AvgIpc) is 3.01. The average molecular weight is 296 g/mol. The highest BCUT2D eigenvalue weighted by atomic mass is 16.5. The lowest BCUT2D eigenvalue weighted by Crippen LogP contribution is -2.06. The molecule has 0 fully saturated rings. The first kappa shape index (κ1) is 14.5. The molecule has 0 saturated heterocycles. The summed E-state index contributed by atoms with van der Waals surface area (Å²) in [6.45, 7) is 3.22. The minimum absolute atomic E-state index is 0.533. The van der Waals surface area contributed by atoms with Gasteiger partial charge in [-0.1, -0.05) is 12.1 Å². The summed E-state index contributed by atoms with van der Waals surface area (Å²) in [6, 6.07) is 14.2. The molecular formula is C18H20N2O2. The van der Waals surface area contributed by atoms with Gasteiger partial charge in [0, 0.05) is 29.9 Å². The van der Waals surface area contributed by atoms with Crippen LogP contribution in [0.1, 0.15) is 5.56 Å². The van der Waals surface area contributed by atoms with Crippen molar-refractivity contribution in [2.75, 3.05) is 25.6 Å². The molecule has 0 aliphatic rings. The van der Waals surface area contributed by atoms with E-state index in [-0.39, 0.29) is 0 Å². The fourth-order valence-electron chi connectivity index (χ4n) is 2.50. The topological polar surface area (TPSA) is 46.3 Å². The summed E-state index contributed by atoms with van der Waals surface area (Å²) in [4.78, 5) is 3.23. The molecule has 0 bridgehead atoms. The molecule has 3 rings (SSSR count). The summed E-state index contributed by atoms with van der Waals surface area (Å²) in [5.74, 6) is 0.827. The number of anilines is 2. The highest BCUT2D eigenvalue weighted by molar-refractivity contribution is 5.89. The number of hydrogen-bond acceptors (Lipinski definition) is 3. The van der Waals surface area contributed by atoms with E-state index in [0.717, 1.165) is 22.6 Å². The normalized spacial score (nSPS) is 10.8. The summed E-state index contributed by atoms with van der Waals surface area (Å²) >= 11 is 0. The number of ether oxygens (including phenoxy) is 2. The SMILES string of the molecule is COCCOc1ccccc1Nc1ccc2[nH]ccc2c1C. The van der Waals surface area contributed by atoms with Crippen molar-refractivity contribution in [3.63, 3.8) is 0 Å². The lowest BCUT2D eigenvalue weighted by Gasteiger charge is -2.15. The van der Waals surface area contributed by atoms with Gasteiger partial charge in [-0.3, -0.25) is 0 Å². The van der Waals surface area contributed by atoms with Gasteiger partial charge in [-0.25, -0.2) is 0 Å². The number of nitrogens with one attached hydrogen (secondary N) is 2. The third-order valence-electron chi connectivity index (χ3n) is 3.71. The van der Waals surface area contributed by atoms with Crippen molar-refractivity contribution in [3.8, 4) is 5.75 Å². The van der Waals surface area contributed by atoms with Gasteiger partial charge in [0.1, 0.15) is 12.4 Å². The van der Waals surface area contributed by atoms with Crippen LogP contribution in [-0.4, -0.2) is 25.3 Å². The number of hydrogen-bond donors (Lipinski definition) is 2. The molecule has 3 aromatic rings. The second-order valence-corrected chi connectivity index (χ2v) is 5.14. The summed E-state index contributed by atoms with van der Waals surface area (Å²) in [7, 11) is 1.67. The molecule has 2 N–H and O–H groups in total. The quantitative estimate of drug-likeness (QED) is 0.669. The van der Waals surface area contributed by atoms with Crippen molar-refractivity contribution in [1.82, 2.24) is 4.98 Å². The Bertz CT molecular complexity index is 765. The van der Waals surface area contributed by atoms with Crippen LogP contribution < -0.4 is 10.1 Å². The van der Waals surface area contributed by atoms with Gasteiger partial charge in [-0.2, -0.15) is 0 Å². The van der Waals surface area contributed by atoms with Gasteiger partial charge < -0.3 is 19.8 Å². The zero-order valence-corrected chi connectivity index (χ0v) is 12.8. The van der Waals surface area contributed by atoms with Crippen LogP contribution in [0.3, 0.4) is 0 Å². The second-order valence-electron chi connectivity index (χ2n) is 5.14. The van der Waals surface area contributed by atoms with Gasteiger partial charge in [0.25, 0.3) is 0 Å². The van der Waals surface area contributed by atoms with Crippen LogP contribution in [0.15, 0.2) is 48.7 Å². The maximum Gasteiger partial charge on any atom is 0.142 e. The Labute approximate surface area is 130 Å². The smallest absolute Gasteiger partial charge is 0.142 e. The number of rotatable bonds is 6. The van der Waals surface area contributed by atoms with Crippen molar-refractivity contribution in [2.24, 2.45) is 0 Å². The molecule has 0 atom stereocenters. The Balaban J connectivity index is 1.86. The third kappa shape index (κ3) is 2.92. The van der Waals surface area contributed by atoms with Gasteiger partial charge in [0.05, 0.1) is 12.3 Å². The molecule has 22 heavy (non-hydrogen) atoms. The van der Waals surface area contributed by atoms with E-state index in [1.165, 1.54) is 10.9 Å². The first-order chi connectivity index (χ1) is 10.8. The number of para-hydroxylation sites is 2. The van der Waals surface area contributed by atoms with Crippen LogP contribution in [0.5, 0.6) is 5.75 Å². The fraction of sp³-hybridized carbons (Fsp3) is 0.222. The highest BCUT2D eigenvalue weighted by Crippen LogP contribution is 2.31. The molecule has 0 radical (unpaired) electrons. The zero-order chi connectivity index (χ0) is 15.4. The van der Waals surface area contributed by atoms with E-state index in [0.29, 0.717) is 13.2 Å². The number of benzene rings is 2. The maximum absolute atomic E-state index is 5.77. The number of aryl methyl sites for hydroxylation is 1. The maximum atomic E-state index is 5.77. The molecule has 0 aliphatic carbocycles. The van der Waals surface area contributed by atoms with Gasteiger partial charge in [0.2, 0.25) is 0 Å². The van der Waals surface area contributed by atoms with Gasteiger partial charge in [-0.15, -0.1) is 0 Å². The van der Waals surface area contributed by atoms with E-state index in [1.807, 2.05) is 30.5 Å². The molecule has 4 nitrogen and oxygen atoms in total. The number of aromatic nitrogens is 1. The number of methoxy groups -OCH3 is 1. The molecule has 1 heterocycles. The predicted octanol–water partition coefficient (Wildman–Crippen LogP) is 4.25. The van der Waals surface area contributed by atoms with Crippen molar-refractivity contribution < 1.29 is 9.47 Å². The summed E-state index contributed by atoms with van der Waals surface area (Å²) < 4.78 is 10.8. The highest BCUT2D eigenvalue weighted by Gasteiger charge is 2.08.